The Labute approximate surface area is 157 Å². The summed E-state index contributed by atoms with van der Waals surface area (Å²) in [4.78, 5) is 8.18. The van der Waals surface area contributed by atoms with E-state index in [0.29, 0.717) is 5.69 Å². The highest BCUT2D eigenvalue weighted by Gasteiger charge is 2.15. The molecule has 0 atom stereocenters. The van der Waals surface area contributed by atoms with Crippen molar-refractivity contribution in [2.45, 2.75) is 40.0 Å². The second kappa shape index (κ2) is 7.90. The van der Waals surface area contributed by atoms with Crippen LogP contribution in [0.25, 0.3) is 0 Å². The van der Waals surface area contributed by atoms with Crippen LogP contribution in [-0.2, 0) is 5.41 Å². The van der Waals surface area contributed by atoms with Crippen LogP contribution in [-0.4, -0.2) is 31.9 Å². The van der Waals surface area contributed by atoms with E-state index in [2.05, 4.69) is 50.0 Å². The molecule has 4 heteroatoms. The van der Waals surface area contributed by atoms with Crippen LogP contribution in [0, 0.1) is 12.7 Å². The van der Waals surface area contributed by atoms with Crippen LogP contribution < -0.4 is 4.90 Å². The van der Waals surface area contributed by atoms with Gasteiger partial charge in [0.25, 0.3) is 0 Å². The Hall–Kier alpha value is -2.36. The molecule has 0 saturated carbocycles. The monoisotopic (exact) mass is 355 g/mol. The Morgan fingerprint density at radius 3 is 2.23 bits per heavy atom. The standard InChI is InChI=1S/C22H30FN3/c1-8-25(6)15-24-20-13-16(2)21(14-19(20)23)26(7)18-11-9-17(10-12-18)22(3,4)5/h9-15H,8H2,1-7H3/b24-15-. The van der Waals surface area contributed by atoms with Crippen LogP contribution in [0.3, 0.4) is 0 Å². The molecule has 2 rings (SSSR count). The normalized spacial score (nSPS) is 11.8. The summed E-state index contributed by atoms with van der Waals surface area (Å²) in [5.41, 5.74) is 4.62. The van der Waals surface area contributed by atoms with E-state index in [1.807, 2.05) is 37.7 Å². The number of hydrogen-bond donors (Lipinski definition) is 0. The number of rotatable bonds is 5. The minimum atomic E-state index is -0.315. The van der Waals surface area contributed by atoms with Crippen molar-refractivity contribution in [2.24, 2.45) is 4.99 Å². The maximum atomic E-state index is 14.5. The Morgan fingerprint density at radius 2 is 1.69 bits per heavy atom. The average Bonchev–Trinajstić information content (AvgIpc) is 2.60. The fourth-order valence-electron chi connectivity index (χ4n) is 2.68. The maximum absolute atomic E-state index is 14.5. The molecule has 3 nitrogen and oxygen atoms in total. The summed E-state index contributed by atoms with van der Waals surface area (Å²) in [7, 11) is 3.87. The fourth-order valence-corrected chi connectivity index (χ4v) is 2.68. The van der Waals surface area contributed by atoms with Gasteiger partial charge in [0, 0.05) is 38.1 Å². The first-order valence-corrected chi connectivity index (χ1v) is 9.02. The lowest BCUT2D eigenvalue weighted by Crippen LogP contribution is -2.14. The minimum Gasteiger partial charge on any atom is -0.366 e. The van der Waals surface area contributed by atoms with Gasteiger partial charge >= 0.3 is 0 Å². The highest BCUT2D eigenvalue weighted by Crippen LogP contribution is 2.33. The van der Waals surface area contributed by atoms with Gasteiger partial charge in [-0.3, -0.25) is 0 Å². The van der Waals surface area contributed by atoms with Crippen molar-refractivity contribution in [3.8, 4) is 0 Å². The third-order valence-electron chi connectivity index (χ3n) is 4.64. The number of nitrogens with zero attached hydrogens (tertiary/aromatic N) is 3. The lowest BCUT2D eigenvalue weighted by molar-refractivity contribution is 0.551. The van der Waals surface area contributed by atoms with Crippen LogP contribution in [0.15, 0.2) is 41.4 Å². The van der Waals surface area contributed by atoms with E-state index < -0.39 is 0 Å². The van der Waals surface area contributed by atoms with E-state index in [1.165, 1.54) is 5.56 Å². The van der Waals surface area contributed by atoms with E-state index in [1.54, 1.807) is 18.5 Å². The van der Waals surface area contributed by atoms with Crippen LogP contribution in [0.5, 0.6) is 0 Å². The van der Waals surface area contributed by atoms with Crippen molar-refractivity contribution >= 4 is 23.4 Å². The van der Waals surface area contributed by atoms with Crippen LogP contribution in [0.1, 0.15) is 38.8 Å². The van der Waals surface area contributed by atoms with E-state index >= 15 is 0 Å². The molecule has 0 N–H and O–H groups in total. The van der Waals surface area contributed by atoms with Gasteiger partial charge in [0.2, 0.25) is 0 Å². The number of aryl methyl sites for hydroxylation is 1. The molecular weight excluding hydrogens is 325 g/mol. The van der Waals surface area contributed by atoms with Gasteiger partial charge in [-0.05, 0) is 48.6 Å². The summed E-state index contributed by atoms with van der Waals surface area (Å²) >= 11 is 0. The van der Waals surface area contributed by atoms with Crippen LogP contribution in [0.4, 0.5) is 21.5 Å². The maximum Gasteiger partial charge on any atom is 0.150 e. The Bertz CT molecular complexity index is 773. The predicted molar refractivity (Wildman–Crippen MR) is 111 cm³/mol. The van der Waals surface area contributed by atoms with Gasteiger partial charge in [-0.2, -0.15) is 0 Å². The Morgan fingerprint density at radius 1 is 1.08 bits per heavy atom. The zero-order chi connectivity index (χ0) is 19.5. The highest BCUT2D eigenvalue weighted by atomic mass is 19.1. The van der Waals surface area contributed by atoms with E-state index in [4.69, 9.17) is 0 Å². The molecule has 0 aliphatic rings. The molecule has 0 bridgehead atoms. The van der Waals surface area contributed by atoms with E-state index in [9.17, 15) is 4.39 Å². The molecule has 2 aromatic carbocycles. The smallest absolute Gasteiger partial charge is 0.150 e. The first-order chi connectivity index (χ1) is 12.1. The van der Waals surface area contributed by atoms with E-state index in [0.717, 1.165) is 23.5 Å². The molecule has 0 radical (unpaired) electrons. The molecule has 0 spiro atoms. The third-order valence-corrected chi connectivity index (χ3v) is 4.64. The zero-order valence-electron chi connectivity index (χ0n) is 17.0. The predicted octanol–water partition coefficient (Wildman–Crippen LogP) is 5.81. The number of halogens is 1. The van der Waals surface area contributed by atoms with Gasteiger partial charge in [-0.15, -0.1) is 0 Å². The average molecular weight is 356 g/mol. The highest BCUT2D eigenvalue weighted by molar-refractivity contribution is 5.70. The first-order valence-electron chi connectivity index (χ1n) is 9.02. The topological polar surface area (TPSA) is 18.8 Å². The molecule has 0 aliphatic heterocycles. The molecular formula is C22H30FN3. The Balaban J connectivity index is 2.30. The first kappa shape index (κ1) is 20.0. The van der Waals surface area contributed by atoms with Gasteiger partial charge in [0.05, 0.1) is 6.34 Å². The van der Waals surface area contributed by atoms with Gasteiger partial charge in [0.15, 0.2) is 5.82 Å². The summed E-state index contributed by atoms with van der Waals surface area (Å²) in [6.07, 6.45) is 1.66. The molecule has 26 heavy (non-hydrogen) atoms. The van der Waals surface area contributed by atoms with Gasteiger partial charge in [-0.25, -0.2) is 9.38 Å². The molecule has 140 valence electrons. The summed E-state index contributed by atoms with van der Waals surface area (Å²) in [5, 5.41) is 0. The number of aliphatic imine (C=N–C) groups is 1. The van der Waals surface area contributed by atoms with E-state index in [-0.39, 0.29) is 11.2 Å². The third kappa shape index (κ3) is 4.63. The van der Waals surface area contributed by atoms with Crippen molar-refractivity contribution in [3.05, 3.63) is 53.3 Å². The lowest BCUT2D eigenvalue weighted by Gasteiger charge is -2.24. The van der Waals surface area contributed by atoms with Gasteiger partial charge < -0.3 is 9.80 Å². The SMILES string of the molecule is CCN(C)/C=N\c1cc(C)c(N(C)c2ccc(C(C)(C)C)cc2)cc1F. The summed E-state index contributed by atoms with van der Waals surface area (Å²) < 4.78 is 14.5. The molecule has 0 aliphatic carbocycles. The molecule has 0 heterocycles. The molecule has 0 aromatic heterocycles. The van der Waals surface area contributed by atoms with Crippen molar-refractivity contribution < 1.29 is 4.39 Å². The summed E-state index contributed by atoms with van der Waals surface area (Å²) in [6.45, 7) is 11.4. The van der Waals surface area contributed by atoms with Crippen LogP contribution >= 0.6 is 0 Å². The minimum absolute atomic E-state index is 0.116. The molecule has 0 fully saturated rings. The lowest BCUT2D eigenvalue weighted by atomic mass is 9.87. The summed E-state index contributed by atoms with van der Waals surface area (Å²) in [6, 6.07) is 11.8. The van der Waals surface area contributed by atoms with Crippen LogP contribution in [0.2, 0.25) is 0 Å². The second-order valence-corrected chi connectivity index (χ2v) is 7.76. The fraction of sp³-hybridized carbons (Fsp3) is 0.409. The molecule has 0 amide bonds. The Kier molecular flexibility index (Phi) is 6.06. The number of anilines is 2. The van der Waals surface area contributed by atoms with Crippen molar-refractivity contribution in [1.82, 2.24) is 4.90 Å². The quantitative estimate of drug-likeness (QED) is 0.498. The molecule has 2 aromatic rings. The van der Waals surface area contributed by atoms with Crippen molar-refractivity contribution in [2.75, 3.05) is 25.5 Å². The largest absolute Gasteiger partial charge is 0.366 e. The van der Waals surface area contributed by atoms with Gasteiger partial charge in [0.1, 0.15) is 5.69 Å². The van der Waals surface area contributed by atoms with Crippen molar-refractivity contribution in [1.29, 1.82) is 0 Å². The molecule has 0 unspecified atom stereocenters. The zero-order valence-corrected chi connectivity index (χ0v) is 17.0. The second-order valence-electron chi connectivity index (χ2n) is 7.76. The number of benzene rings is 2. The number of hydrogen-bond acceptors (Lipinski definition) is 2. The van der Waals surface area contributed by atoms with Gasteiger partial charge in [-0.1, -0.05) is 32.9 Å². The van der Waals surface area contributed by atoms with Crippen molar-refractivity contribution in [3.63, 3.8) is 0 Å². The summed E-state index contributed by atoms with van der Waals surface area (Å²) in [5.74, 6) is -0.315. The molecule has 0 saturated heterocycles.